The summed E-state index contributed by atoms with van der Waals surface area (Å²) in [4.78, 5) is 0.765. The number of halogens is 1. The van der Waals surface area contributed by atoms with Crippen molar-refractivity contribution in [2.45, 2.75) is 63.1 Å². The molecule has 2 fully saturated rings. The van der Waals surface area contributed by atoms with E-state index in [9.17, 15) is 0 Å². The summed E-state index contributed by atoms with van der Waals surface area (Å²) in [6.07, 6.45) is 10.8. The van der Waals surface area contributed by atoms with E-state index in [0.29, 0.717) is 5.92 Å². The summed E-state index contributed by atoms with van der Waals surface area (Å²) in [6, 6.07) is 0. The molecule has 90 valence electrons. The van der Waals surface area contributed by atoms with Crippen LogP contribution in [-0.4, -0.2) is 4.83 Å². The molecule has 1 heteroatoms. The largest absolute Gasteiger partial charge is 0.0996 e. The van der Waals surface area contributed by atoms with E-state index in [2.05, 4.69) is 34.7 Å². The lowest BCUT2D eigenvalue weighted by atomic mass is 9.82. The molecule has 2 aliphatic carbocycles. The van der Waals surface area contributed by atoms with Gasteiger partial charge in [0.1, 0.15) is 0 Å². The Morgan fingerprint density at radius 1 is 0.750 bits per heavy atom. The lowest BCUT2D eigenvalue weighted by molar-refractivity contribution is 0.337. The Kier molecular flexibility index (Phi) is 4.77. The number of hydrogen-bond donors (Lipinski definition) is 0. The van der Waals surface area contributed by atoms with Gasteiger partial charge in [-0.25, -0.2) is 0 Å². The van der Waals surface area contributed by atoms with Crippen LogP contribution in [0.4, 0.5) is 0 Å². The van der Waals surface area contributed by atoms with Crippen molar-refractivity contribution in [3.05, 3.63) is 0 Å². The van der Waals surface area contributed by atoms with Crippen LogP contribution in [0.25, 0.3) is 0 Å². The predicted molar refractivity (Wildman–Crippen MR) is 73.6 cm³/mol. The molecule has 2 rings (SSSR count). The molecule has 0 atom stereocenters. The SMILES string of the molecule is CC1CCC(C#CC2CCC(Br)CC2)CC1. The third-order valence-corrected chi connectivity index (χ3v) is 5.08. The molecule has 0 aliphatic heterocycles. The smallest absolute Gasteiger partial charge is 0.0203 e. The highest BCUT2D eigenvalue weighted by Gasteiger charge is 2.19. The van der Waals surface area contributed by atoms with Crippen molar-refractivity contribution in [1.29, 1.82) is 0 Å². The molecule has 0 radical (unpaired) electrons. The molecule has 16 heavy (non-hydrogen) atoms. The molecule has 0 unspecified atom stereocenters. The monoisotopic (exact) mass is 282 g/mol. The van der Waals surface area contributed by atoms with Crippen molar-refractivity contribution < 1.29 is 0 Å². The van der Waals surface area contributed by atoms with Gasteiger partial charge in [0.15, 0.2) is 0 Å². The quantitative estimate of drug-likeness (QED) is 0.444. The molecule has 2 saturated carbocycles. The molecule has 0 aromatic rings. The lowest BCUT2D eigenvalue weighted by Gasteiger charge is -2.23. The van der Waals surface area contributed by atoms with Crippen LogP contribution in [-0.2, 0) is 0 Å². The molecule has 0 nitrogen and oxygen atoms in total. The van der Waals surface area contributed by atoms with Crippen LogP contribution in [0, 0.1) is 29.6 Å². The maximum atomic E-state index is 3.70. The fourth-order valence-electron chi connectivity index (χ4n) is 2.84. The van der Waals surface area contributed by atoms with Gasteiger partial charge in [-0.1, -0.05) is 34.7 Å². The van der Waals surface area contributed by atoms with E-state index in [0.717, 1.165) is 16.7 Å². The molecule has 2 aliphatic rings. The Hall–Kier alpha value is 0.0400. The molecule has 0 spiro atoms. The van der Waals surface area contributed by atoms with Gasteiger partial charge in [0.25, 0.3) is 0 Å². The van der Waals surface area contributed by atoms with Crippen LogP contribution in [0.15, 0.2) is 0 Å². The molecule has 0 aromatic heterocycles. The van der Waals surface area contributed by atoms with Gasteiger partial charge in [-0.05, 0) is 57.3 Å². The zero-order chi connectivity index (χ0) is 11.4. The fraction of sp³-hybridized carbons (Fsp3) is 0.867. The Morgan fingerprint density at radius 2 is 1.19 bits per heavy atom. The van der Waals surface area contributed by atoms with E-state index >= 15 is 0 Å². The molecule has 0 N–H and O–H groups in total. The van der Waals surface area contributed by atoms with Crippen LogP contribution in [0.5, 0.6) is 0 Å². The summed E-state index contributed by atoms with van der Waals surface area (Å²) in [5.41, 5.74) is 0. The maximum absolute atomic E-state index is 3.70. The standard InChI is InChI=1S/C15H23Br/c1-12-2-4-13(5-3-12)6-7-14-8-10-15(16)11-9-14/h12-15H,2-5,8-11H2,1H3. The van der Waals surface area contributed by atoms with E-state index < -0.39 is 0 Å². The van der Waals surface area contributed by atoms with Crippen LogP contribution >= 0.6 is 15.9 Å². The summed E-state index contributed by atoms with van der Waals surface area (Å²) in [5.74, 6) is 9.49. The average molecular weight is 283 g/mol. The maximum Gasteiger partial charge on any atom is 0.0203 e. The van der Waals surface area contributed by atoms with Crippen molar-refractivity contribution in [2.24, 2.45) is 17.8 Å². The Balaban J connectivity index is 1.76. The van der Waals surface area contributed by atoms with Crippen LogP contribution < -0.4 is 0 Å². The van der Waals surface area contributed by atoms with Gasteiger partial charge in [-0.15, -0.1) is 0 Å². The van der Waals surface area contributed by atoms with Crippen molar-refractivity contribution in [3.8, 4) is 11.8 Å². The second-order valence-corrected chi connectivity index (χ2v) is 6.99. The highest BCUT2D eigenvalue weighted by atomic mass is 79.9. The van der Waals surface area contributed by atoms with E-state index in [1.54, 1.807) is 0 Å². The minimum Gasteiger partial charge on any atom is -0.0996 e. The van der Waals surface area contributed by atoms with Gasteiger partial charge in [0.05, 0.1) is 0 Å². The van der Waals surface area contributed by atoms with E-state index in [4.69, 9.17) is 0 Å². The fourth-order valence-corrected chi connectivity index (χ4v) is 3.37. The number of rotatable bonds is 0. The molecule has 0 saturated heterocycles. The van der Waals surface area contributed by atoms with Crippen LogP contribution in [0.1, 0.15) is 58.3 Å². The van der Waals surface area contributed by atoms with Crippen molar-refractivity contribution in [1.82, 2.24) is 0 Å². The molecule has 0 aromatic carbocycles. The van der Waals surface area contributed by atoms with Gasteiger partial charge in [-0.3, -0.25) is 0 Å². The topological polar surface area (TPSA) is 0 Å². The second-order valence-electron chi connectivity index (χ2n) is 5.69. The van der Waals surface area contributed by atoms with Crippen LogP contribution in [0.3, 0.4) is 0 Å². The second kappa shape index (κ2) is 6.10. The Morgan fingerprint density at radius 3 is 1.69 bits per heavy atom. The lowest BCUT2D eigenvalue weighted by Crippen LogP contribution is -2.14. The molecule has 0 amide bonds. The van der Waals surface area contributed by atoms with Gasteiger partial charge in [0, 0.05) is 16.7 Å². The van der Waals surface area contributed by atoms with Crippen molar-refractivity contribution in [2.75, 3.05) is 0 Å². The first-order chi connectivity index (χ1) is 7.74. The first-order valence-corrected chi connectivity index (χ1v) is 7.80. The zero-order valence-corrected chi connectivity index (χ0v) is 11.9. The number of hydrogen-bond acceptors (Lipinski definition) is 0. The average Bonchev–Trinajstić information content (AvgIpc) is 2.30. The highest BCUT2D eigenvalue weighted by molar-refractivity contribution is 9.09. The van der Waals surface area contributed by atoms with E-state index in [1.807, 2.05) is 0 Å². The Bertz CT molecular complexity index is 231. The first kappa shape index (κ1) is 12.5. The zero-order valence-electron chi connectivity index (χ0n) is 10.3. The summed E-state index contributed by atoms with van der Waals surface area (Å²) in [5, 5.41) is 0. The third kappa shape index (κ3) is 3.81. The van der Waals surface area contributed by atoms with Gasteiger partial charge in [0.2, 0.25) is 0 Å². The minimum atomic E-state index is 0.702. The molecule has 0 bridgehead atoms. The molecular formula is C15H23Br. The van der Waals surface area contributed by atoms with Gasteiger partial charge >= 0.3 is 0 Å². The van der Waals surface area contributed by atoms with Crippen LogP contribution in [0.2, 0.25) is 0 Å². The summed E-state index contributed by atoms with van der Waals surface area (Å²) >= 11 is 3.70. The van der Waals surface area contributed by atoms with Gasteiger partial charge in [-0.2, -0.15) is 0 Å². The van der Waals surface area contributed by atoms with Crippen molar-refractivity contribution in [3.63, 3.8) is 0 Å². The predicted octanol–water partition coefficient (Wildman–Crippen LogP) is 4.77. The Labute approximate surface area is 109 Å². The van der Waals surface area contributed by atoms with E-state index in [1.165, 1.54) is 51.4 Å². The van der Waals surface area contributed by atoms with Gasteiger partial charge < -0.3 is 0 Å². The third-order valence-electron chi connectivity index (χ3n) is 4.16. The minimum absolute atomic E-state index is 0.702. The summed E-state index contributed by atoms with van der Waals surface area (Å²) in [7, 11) is 0. The molecular weight excluding hydrogens is 260 g/mol. The summed E-state index contributed by atoms with van der Waals surface area (Å²) < 4.78 is 0. The molecule has 0 heterocycles. The highest BCUT2D eigenvalue weighted by Crippen LogP contribution is 2.30. The van der Waals surface area contributed by atoms with Crippen molar-refractivity contribution >= 4 is 15.9 Å². The summed E-state index contributed by atoms with van der Waals surface area (Å²) in [6.45, 7) is 2.38. The first-order valence-electron chi connectivity index (χ1n) is 6.89. The van der Waals surface area contributed by atoms with E-state index in [-0.39, 0.29) is 0 Å². The normalized spacial score (nSPS) is 39.9. The number of alkyl halides is 1.